The van der Waals surface area contributed by atoms with Crippen molar-refractivity contribution in [2.24, 2.45) is 0 Å². The lowest BCUT2D eigenvalue weighted by atomic mass is 10.1. The van der Waals surface area contributed by atoms with E-state index in [2.05, 4.69) is 20.8 Å². The maximum Gasteiger partial charge on any atom is 0.468 e. The highest BCUT2D eigenvalue weighted by Gasteiger charge is 2.68. The number of hydrogen-bond acceptors (Lipinski definition) is 8. The summed E-state index contributed by atoms with van der Waals surface area (Å²) < 4.78 is 151. The van der Waals surface area contributed by atoms with Crippen LogP contribution in [-0.4, -0.2) is 54.7 Å². The van der Waals surface area contributed by atoms with Gasteiger partial charge in [-0.3, -0.25) is 0 Å². The first-order valence-electron chi connectivity index (χ1n) is 9.49. The van der Waals surface area contributed by atoms with Crippen LogP contribution in [-0.2, 0) is 40.5 Å². The molecule has 0 aliphatic rings. The zero-order valence-electron chi connectivity index (χ0n) is 17.8. The number of hydrogen-bond donors (Lipinski definition) is 0. The van der Waals surface area contributed by atoms with Gasteiger partial charge >= 0.3 is 35.1 Å². The predicted octanol–water partition coefficient (Wildman–Crippen LogP) is 3.98. The van der Waals surface area contributed by atoms with Crippen molar-refractivity contribution >= 4 is 22.1 Å². The number of rotatable bonds is 13. The number of benzene rings is 1. The molecule has 0 aromatic heterocycles. The van der Waals surface area contributed by atoms with E-state index < -0.39 is 83.5 Å². The third kappa shape index (κ3) is 7.36. The van der Waals surface area contributed by atoms with Gasteiger partial charge in [0.1, 0.15) is 6.61 Å². The summed E-state index contributed by atoms with van der Waals surface area (Å²) in [6.07, 6.45) is -10.1. The van der Waals surface area contributed by atoms with Crippen molar-refractivity contribution in [1.82, 2.24) is 0 Å². The second-order valence-corrected chi connectivity index (χ2v) is 8.37. The molecule has 0 heterocycles. The van der Waals surface area contributed by atoms with Gasteiger partial charge in [0.25, 0.3) is 0 Å². The van der Waals surface area contributed by atoms with Crippen LogP contribution in [0.1, 0.15) is 24.8 Å². The lowest BCUT2D eigenvalue weighted by Crippen LogP contribution is -2.58. The zero-order chi connectivity index (χ0) is 28.0. The zero-order valence-corrected chi connectivity index (χ0v) is 18.6. The Morgan fingerprint density at radius 3 is 2.00 bits per heavy atom. The van der Waals surface area contributed by atoms with Crippen LogP contribution in [0.15, 0.2) is 42.7 Å². The van der Waals surface area contributed by atoms with Crippen LogP contribution in [0, 0.1) is 0 Å². The van der Waals surface area contributed by atoms with Gasteiger partial charge in [-0.05, 0) is 18.4 Å². The summed E-state index contributed by atoms with van der Waals surface area (Å²) in [6, 6.07) is 7.05. The molecule has 1 aromatic rings. The number of alkyl halides is 7. The van der Waals surface area contributed by atoms with E-state index in [1.165, 1.54) is 30.3 Å². The van der Waals surface area contributed by atoms with Gasteiger partial charge in [-0.15, -0.1) is 0 Å². The molecule has 1 aromatic carbocycles. The minimum atomic E-state index is -6.78. The lowest BCUT2D eigenvalue weighted by Gasteiger charge is -2.32. The Morgan fingerprint density at radius 1 is 0.972 bits per heavy atom. The summed E-state index contributed by atoms with van der Waals surface area (Å²) in [5.41, 5.74) is 0.166. The fourth-order valence-electron chi connectivity index (χ4n) is 2.38. The average molecular weight is 557 g/mol. The average Bonchev–Trinajstić information content (AvgIpc) is 2.75. The first-order valence-corrected chi connectivity index (χ1v) is 10.9. The first kappa shape index (κ1) is 31.2. The summed E-state index contributed by atoms with van der Waals surface area (Å²) in [5.74, 6) is -16.9. The molecule has 0 spiro atoms. The van der Waals surface area contributed by atoms with E-state index in [1.54, 1.807) is 0 Å². The van der Waals surface area contributed by atoms with Gasteiger partial charge in [0.2, 0.25) is 5.83 Å². The molecule has 8 nitrogen and oxygen atoms in total. The number of unbranched alkanes of at least 4 members (excludes halogenated alkanes) is 1. The molecule has 0 amide bonds. The van der Waals surface area contributed by atoms with Gasteiger partial charge in [-0.25, -0.2) is 18.0 Å². The molecule has 0 aliphatic carbocycles. The minimum absolute atomic E-state index is 0.166. The topological polar surface area (TPSA) is 119 Å². The molecule has 0 fully saturated rings. The van der Waals surface area contributed by atoms with Crippen LogP contribution in [0.4, 0.5) is 35.1 Å². The summed E-state index contributed by atoms with van der Waals surface area (Å²) >= 11 is 0. The Bertz CT molecular complexity index is 1040. The number of halogens is 8. The first-order chi connectivity index (χ1) is 16.3. The van der Waals surface area contributed by atoms with Crippen molar-refractivity contribution in [2.75, 3.05) is 6.61 Å². The third-order valence-electron chi connectivity index (χ3n) is 4.24. The van der Waals surface area contributed by atoms with E-state index in [0.29, 0.717) is 0 Å². The van der Waals surface area contributed by atoms with Crippen molar-refractivity contribution in [3.05, 3.63) is 48.3 Å². The van der Waals surface area contributed by atoms with E-state index in [-0.39, 0.29) is 5.56 Å². The summed E-state index contributed by atoms with van der Waals surface area (Å²) in [6.45, 7) is 0.212. The van der Waals surface area contributed by atoms with Crippen LogP contribution in [0.3, 0.4) is 0 Å². The molecule has 0 N–H and O–H groups in total. The molecule has 1 atom stereocenters. The third-order valence-corrected chi connectivity index (χ3v) is 5.17. The molecular formula is C19H17F8O8S-. The Labute approximate surface area is 198 Å². The highest BCUT2D eigenvalue weighted by Crippen LogP contribution is 2.42. The van der Waals surface area contributed by atoms with Gasteiger partial charge in [0.15, 0.2) is 10.1 Å². The quantitative estimate of drug-likeness (QED) is 0.0893. The fourth-order valence-corrected chi connectivity index (χ4v) is 2.85. The van der Waals surface area contributed by atoms with E-state index in [4.69, 9.17) is 0 Å². The number of carbonyl (C=O) groups is 2. The summed E-state index contributed by atoms with van der Waals surface area (Å²) in [4.78, 5) is 23.7. The highest BCUT2D eigenvalue weighted by molar-refractivity contribution is 7.86. The van der Waals surface area contributed by atoms with Crippen molar-refractivity contribution < 1.29 is 71.9 Å². The molecule has 17 heteroatoms. The Balaban J connectivity index is 3.04. The normalized spacial score (nSPS) is 14.6. The number of esters is 2. The van der Waals surface area contributed by atoms with Gasteiger partial charge in [0.05, 0.1) is 6.61 Å². The lowest BCUT2D eigenvalue weighted by molar-refractivity contribution is -0.355. The van der Waals surface area contributed by atoms with Gasteiger partial charge in [-0.2, -0.15) is 35.1 Å². The molecular weight excluding hydrogens is 540 g/mol. The predicted molar refractivity (Wildman–Crippen MR) is 101 cm³/mol. The van der Waals surface area contributed by atoms with Crippen LogP contribution < -0.4 is 0 Å². The van der Waals surface area contributed by atoms with Gasteiger partial charge < -0.3 is 18.8 Å². The Morgan fingerprint density at radius 2 is 1.53 bits per heavy atom. The van der Waals surface area contributed by atoms with Crippen molar-refractivity contribution in [3.63, 3.8) is 0 Å². The molecule has 204 valence electrons. The van der Waals surface area contributed by atoms with Crippen LogP contribution in [0.2, 0.25) is 0 Å². The molecule has 0 aliphatic heterocycles. The maximum absolute atomic E-state index is 13.8. The monoisotopic (exact) mass is 557 g/mol. The molecule has 1 rings (SSSR count). The fraction of sp³-hybridized carbons (Fsp3) is 0.474. The Kier molecular flexibility index (Phi) is 9.99. The number of ether oxygens (including phenoxy) is 3. The van der Waals surface area contributed by atoms with Crippen LogP contribution in [0.25, 0.3) is 0 Å². The maximum atomic E-state index is 13.8. The molecule has 1 unspecified atom stereocenters. The van der Waals surface area contributed by atoms with Crippen molar-refractivity contribution in [2.45, 2.75) is 49.0 Å². The molecule has 0 radical (unpaired) electrons. The molecule has 0 bridgehead atoms. The molecule has 0 saturated carbocycles. The largest absolute Gasteiger partial charge is 0.743 e. The Hall–Kier alpha value is -2.79. The molecule has 36 heavy (non-hydrogen) atoms. The SMILES string of the molecule is C=C(F)C(=O)OC(OCCCCC(F)(F)C(F)(F)S(=O)(=O)[O-])(C(=O)OCc1ccccc1)C(F)(F)F. The van der Waals surface area contributed by atoms with E-state index in [0.717, 1.165) is 0 Å². The highest BCUT2D eigenvalue weighted by atomic mass is 32.2. The van der Waals surface area contributed by atoms with Gasteiger partial charge in [0, 0.05) is 6.42 Å². The van der Waals surface area contributed by atoms with E-state index in [1.807, 2.05) is 0 Å². The second kappa shape index (κ2) is 11.5. The van der Waals surface area contributed by atoms with Crippen molar-refractivity contribution in [3.8, 4) is 0 Å². The van der Waals surface area contributed by atoms with E-state index in [9.17, 15) is 57.7 Å². The van der Waals surface area contributed by atoms with Crippen LogP contribution >= 0.6 is 0 Å². The number of carbonyl (C=O) groups excluding carboxylic acids is 2. The summed E-state index contributed by atoms with van der Waals surface area (Å²) in [5, 5.41) is -6.02. The van der Waals surface area contributed by atoms with Crippen LogP contribution in [0.5, 0.6) is 0 Å². The van der Waals surface area contributed by atoms with E-state index >= 15 is 0 Å². The van der Waals surface area contributed by atoms with Crippen molar-refractivity contribution in [1.29, 1.82) is 0 Å². The summed E-state index contributed by atoms with van der Waals surface area (Å²) in [7, 11) is -6.78. The minimum Gasteiger partial charge on any atom is -0.743 e. The smallest absolute Gasteiger partial charge is 0.468 e. The second-order valence-electron chi connectivity index (χ2n) is 6.95. The molecule has 0 saturated heterocycles. The van der Waals surface area contributed by atoms with Gasteiger partial charge in [-0.1, -0.05) is 36.9 Å². The standard InChI is InChI=1S/C19H18F8O8S/c1-12(20)14(28)35-17(18(23,24)25,15(29)33-11-13-7-3-2-4-8-13)34-10-6-5-9-16(21,22)19(26,27)36(30,31)32/h2-4,7-8H,1,5-6,9-11H2,(H,30,31,32)/p-1.